The maximum absolute atomic E-state index is 6.03. The third-order valence-corrected chi connectivity index (χ3v) is 3.86. The van der Waals surface area contributed by atoms with Crippen molar-refractivity contribution in [2.24, 2.45) is 0 Å². The molecule has 1 atom stereocenters. The molecular formula is C12H16Cl2N2. The summed E-state index contributed by atoms with van der Waals surface area (Å²) < 4.78 is 0. The van der Waals surface area contributed by atoms with Crippen molar-refractivity contribution in [2.45, 2.75) is 13.0 Å². The van der Waals surface area contributed by atoms with E-state index in [0.29, 0.717) is 16.1 Å². The Morgan fingerprint density at radius 3 is 2.50 bits per heavy atom. The Hall–Kier alpha value is -0.280. The Labute approximate surface area is 107 Å². The normalized spacial score (nSPS) is 19.7. The van der Waals surface area contributed by atoms with Gasteiger partial charge in [0.1, 0.15) is 0 Å². The molecule has 0 aromatic heterocycles. The van der Waals surface area contributed by atoms with E-state index in [-0.39, 0.29) is 0 Å². The minimum absolute atomic E-state index is 0.400. The molecule has 0 unspecified atom stereocenters. The van der Waals surface area contributed by atoms with Gasteiger partial charge in [-0.2, -0.15) is 0 Å². The molecule has 0 saturated carbocycles. The van der Waals surface area contributed by atoms with E-state index in [4.69, 9.17) is 23.2 Å². The van der Waals surface area contributed by atoms with Crippen LogP contribution in [0, 0.1) is 0 Å². The van der Waals surface area contributed by atoms with Crippen LogP contribution in [0.2, 0.25) is 10.0 Å². The highest BCUT2D eigenvalue weighted by molar-refractivity contribution is 6.42. The molecule has 1 aliphatic heterocycles. The SMILES string of the molecule is C[C@H](c1ccc(Cl)c(Cl)c1)N1CCNCC1. The molecule has 1 N–H and O–H groups in total. The Balaban J connectivity index is 2.12. The minimum atomic E-state index is 0.400. The van der Waals surface area contributed by atoms with Crippen LogP contribution in [0.1, 0.15) is 18.5 Å². The van der Waals surface area contributed by atoms with E-state index >= 15 is 0 Å². The molecule has 1 heterocycles. The zero-order valence-electron chi connectivity index (χ0n) is 9.34. The lowest BCUT2D eigenvalue weighted by molar-refractivity contribution is 0.185. The van der Waals surface area contributed by atoms with Crippen LogP contribution in [0.25, 0.3) is 0 Å². The molecule has 0 aliphatic carbocycles. The van der Waals surface area contributed by atoms with Gasteiger partial charge in [-0.25, -0.2) is 0 Å². The maximum Gasteiger partial charge on any atom is 0.0595 e. The lowest BCUT2D eigenvalue weighted by Gasteiger charge is -2.33. The number of nitrogens with zero attached hydrogens (tertiary/aromatic N) is 1. The van der Waals surface area contributed by atoms with Gasteiger partial charge in [0, 0.05) is 32.2 Å². The Morgan fingerprint density at radius 2 is 1.88 bits per heavy atom. The van der Waals surface area contributed by atoms with E-state index in [9.17, 15) is 0 Å². The Bertz CT molecular complexity index is 362. The molecule has 1 aromatic rings. The van der Waals surface area contributed by atoms with E-state index in [2.05, 4.69) is 23.2 Å². The van der Waals surface area contributed by atoms with Gasteiger partial charge in [0.25, 0.3) is 0 Å². The number of hydrogen-bond acceptors (Lipinski definition) is 2. The summed E-state index contributed by atoms with van der Waals surface area (Å²) in [6.45, 7) is 6.50. The fourth-order valence-electron chi connectivity index (χ4n) is 2.05. The molecule has 0 amide bonds. The molecule has 1 aromatic carbocycles. The summed E-state index contributed by atoms with van der Waals surface area (Å²) in [5.41, 5.74) is 1.23. The second-order valence-electron chi connectivity index (χ2n) is 4.14. The first kappa shape index (κ1) is 12.2. The van der Waals surface area contributed by atoms with E-state index in [1.54, 1.807) is 0 Å². The zero-order chi connectivity index (χ0) is 11.5. The van der Waals surface area contributed by atoms with Gasteiger partial charge in [0.15, 0.2) is 0 Å². The fourth-order valence-corrected chi connectivity index (χ4v) is 2.36. The second kappa shape index (κ2) is 5.37. The van der Waals surface area contributed by atoms with Crippen molar-refractivity contribution >= 4 is 23.2 Å². The number of rotatable bonds is 2. The van der Waals surface area contributed by atoms with Gasteiger partial charge >= 0.3 is 0 Å². The van der Waals surface area contributed by atoms with Crippen LogP contribution >= 0.6 is 23.2 Å². The van der Waals surface area contributed by atoms with Crippen molar-refractivity contribution < 1.29 is 0 Å². The first-order valence-electron chi connectivity index (χ1n) is 5.58. The van der Waals surface area contributed by atoms with Crippen molar-refractivity contribution in [1.29, 1.82) is 0 Å². The summed E-state index contributed by atoms with van der Waals surface area (Å²) in [4.78, 5) is 2.45. The highest BCUT2D eigenvalue weighted by Crippen LogP contribution is 2.28. The number of benzene rings is 1. The first-order valence-corrected chi connectivity index (χ1v) is 6.34. The summed E-state index contributed by atoms with van der Waals surface area (Å²) in [7, 11) is 0. The van der Waals surface area contributed by atoms with Crippen molar-refractivity contribution in [3.05, 3.63) is 33.8 Å². The molecule has 1 aliphatic rings. The first-order chi connectivity index (χ1) is 7.68. The smallest absolute Gasteiger partial charge is 0.0595 e. The highest BCUT2D eigenvalue weighted by atomic mass is 35.5. The monoisotopic (exact) mass is 258 g/mol. The molecule has 2 nitrogen and oxygen atoms in total. The van der Waals surface area contributed by atoms with E-state index < -0.39 is 0 Å². The van der Waals surface area contributed by atoms with Gasteiger partial charge < -0.3 is 5.32 Å². The van der Waals surface area contributed by atoms with E-state index in [0.717, 1.165) is 26.2 Å². The van der Waals surface area contributed by atoms with Crippen LogP contribution < -0.4 is 5.32 Å². The van der Waals surface area contributed by atoms with Crippen LogP contribution in [0.5, 0.6) is 0 Å². The molecule has 2 rings (SSSR count). The number of hydrogen-bond donors (Lipinski definition) is 1. The predicted octanol–water partition coefficient (Wildman–Crippen LogP) is 2.96. The fraction of sp³-hybridized carbons (Fsp3) is 0.500. The molecule has 4 heteroatoms. The van der Waals surface area contributed by atoms with Crippen LogP contribution in [-0.2, 0) is 0 Å². The van der Waals surface area contributed by atoms with Crippen molar-refractivity contribution in [3.63, 3.8) is 0 Å². The molecule has 0 radical (unpaired) electrons. The third kappa shape index (κ3) is 2.69. The topological polar surface area (TPSA) is 15.3 Å². The average Bonchev–Trinajstić information content (AvgIpc) is 2.33. The molecular weight excluding hydrogens is 243 g/mol. The van der Waals surface area contributed by atoms with Gasteiger partial charge in [-0.05, 0) is 24.6 Å². The summed E-state index contributed by atoms with van der Waals surface area (Å²) in [5, 5.41) is 4.62. The average molecular weight is 259 g/mol. The molecule has 88 valence electrons. The molecule has 1 saturated heterocycles. The summed E-state index contributed by atoms with van der Waals surface area (Å²) in [5.74, 6) is 0. The van der Waals surface area contributed by atoms with Gasteiger partial charge in [0.05, 0.1) is 10.0 Å². The van der Waals surface area contributed by atoms with Gasteiger partial charge in [-0.3, -0.25) is 4.90 Å². The molecule has 1 fully saturated rings. The molecule has 0 spiro atoms. The third-order valence-electron chi connectivity index (χ3n) is 3.13. The Kier molecular flexibility index (Phi) is 4.09. The van der Waals surface area contributed by atoms with Crippen LogP contribution in [-0.4, -0.2) is 31.1 Å². The maximum atomic E-state index is 6.03. The van der Waals surface area contributed by atoms with Crippen molar-refractivity contribution in [3.8, 4) is 0 Å². The minimum Gasteiger partial charge on any atom is -0.314 e. The predicted molar refractivity (Wildman–Crippen MR) is 69.3 cm³/mol. The van der Waals surface area contributed by atoms with Crippen molar-refractivity contribution in [2.75, 3.05) is 26.2 Å². The molecule has 0 bridgehead atoms. The van der Waals surface area contributed by atoms with E-state index in [1.165, 1.54) is 5.56 Å². The highest BCUT2D eigenvalue weighted by Gasteiger charge is 2.18. The lowest BCUT2D eigenvalue weighted by Crippen LogP contribution is -2.44. The summed E-state index contributed by atoms with van der Waals surface area (Å²) >= 11 is 11.9. The largest absolute Gasteiger partial charge is 0.314 e. The molecule has 16 heavy (non-hydrogen) atoms. The van der Waals surface area contributed by atoms with E-state index in [1.807, 2.05) is 12.1 Å². The van der Waals surface area contributed by atoms with Crippen LogP contribution in [0.4, 0.5) is 0 Å². The van der Waals surface area contributed by atoms with Gasteiger partial charge in [0.2, 0.25) is 0 Å². The lowest BCUT2D eigenvalue weighted by atomic mass is 10.1. The summed E-state index contributed by atoms with van der Waals surface area (Å²) in [6, 6.07) is 6.30. The number of piperazine rings is 1. The standard InChI is InChI=1S/C12H16Cl2N2/c1-9(16-6-4-15-5-7-16)10-2-3-11(13)12(14)8-10/h2-3,8-9,15H,4-7H2,1H3/t9-/m1/s1. The van der Waals surface area contributed by atoms with Gasteiger partial charge in [-0.15, -0.1) is 0 Å². The second-order valence-corrected chi connectivity index (χ2v) is 4.95. The van der Waals surface area contributed by atoms with Crippen molar-refractivity contribution in [1.82, 2.24) is 10.2 Å². The van der Waals surface area contributed by atoms with Crippen LogP contribution in [0.3, 0.4) is 0 Å². The summed E-state index contributed by atoms with van der Waals surface area (Å²) in [6.07, 6.45) is 0. The number of nitrogens with one attached hydrogen (secondary N) is 1. The van der Waals surface area contributed by atoms with Gasteiger partial charge in [-0.1, -0.05) is 29.3 Å². The Morgan fingerprint density at radius 1 is 1.19 bits per heavy atom. The quantitative estimate of drug-likeness (QED) is 0.878. The zero-order valence-corrected chi connectivity index (χ0v) is 10.9. The number of halogens is 2. The van der Waals surface area contributed by atoms with Crippen LogP contribution in [0.15, 0.2) is 18.2 Å².